The van der Waals surface area contributed by atoms with Crippen LogP contribution in [0.15, 0.2) is 10.9 Å². The Kier molecular flexibility index (Phi) is 2.94. The van der Waals surface area contributed by atoms with Crippen LogP contribution in [0.25, 0.3) is 0 Å². The van der Waals surface area contributed by atoms with Gasteiger partial charge in [-0.25, -0.2) is 0 Å². The van der Waals surface area contributed by atoms with Crippen molar-refractivity contribution in [1.29, 1.82) is 0 Å². The number of hydrogen-bond donors (Lipinski definition) is 2. The number of H-pyrrole nitrogens is 1. The van der Waals surface area contributed by atoms with Crippen molar-refractivity contribution in [1.82, 2.24) is 9.88 Å². The van der Waals surface area contributed by atoms with Crippen molar-refractivity contribution in [2.45, 2.75) is 13.8 Å². The molecule has 96 valence electrons. The number of hydrogen-bond acceptors (Lipinski definition) is 3. The minimum Gasteiger partial charge on any atom is -0.481 e. The number of carboxylic acid groups (broad SMARTS) is 1. The molecule has 0 spiro atoms. The predicted molar refractivity (Wildman–Crippen MR) is 63.6 cm³/mol. The number of rotatable bonds is 2. The van der Waals surface area contributed by atoms with Crippen molar-refractivity contribution in [3.63, 3.8) is 0 Å². The summed E-state index contributed by atoms with van der Waals surface area (Å²) in [7, 11) is 0. The van der Waals surface area contributed by atoms with Crippen LogP contribution in [0.1, 0.15) is 21.6 Å². The third kappa shape index (κ3) is 2.01. The van der Waals surface area contributed by atoms with Gasteiger partial charge in [-0.2, -0.15) is 0 Å². The van der Waals surface area contributed by atoms with Crippen LogP contribution in [0.3, 0.4) is 0 Å². The predicted octanol–water partition coefficient (Wildman–Crippen LogP) is 0.148. The topological polar surface area (TPSA) is 90.5 Å². The Morgan fingerprint density at radius 2 is 2.00 bits per heavy atom. The van der Waals surface area contributed by atoms with E-state index in [2.05, 4.69) is 4.98 Å². The van der Waals surface area contributed by atoms with E-state index in [4.69, 9.17) is 5.11 Å². The lowest BCUT2D eigenvalue weighted by Gasteiger charge is -2.36. The second-order valence-electron chi connectivity index (χ2n) is 4.58. The number of carbonyl (C=O) groups excluding carboxylic acids is 1. The van der Waals surface area contributed by atoms with Crippen molar-refractivity contribution in [3.8, 4) is 0 Å². The molecule has 2 heterocycles. The van der Waals surface area contributed by atoms with E-state index in [1.165, 1.54) is 4.90 Å². The van der Waals surface area contributed by atoms with Gasteiger partial charge in [-0.15, -0.1) is 0 Å². The molecule has 0 unspecified atom stereocenters. The van der Waals surface area contributed by atoms with Crippen LogP contribution in [0.4, 0.5) is 0 Å². The standard InChI is InChI=1S/C12H14N2O4/c1-6-3-7(2)13-10(15)9(6)11(16)14-4-8(5-14)12(17)18/h3,8H,4-5H2,1-2H3,(H,13,15)(H,17,18). The van der Waals surface area contributed by atoms with E-state index in [9.17, 15) is 14.4 Å². The maximum atomic E-state index is 12.1. The number of amides is 1. The molecule has 1 aromatic heterocycles. The quantitative estimate of drug-likeness (QED) is 0.781. The Morgan fingerprint density at radius 3 is 2.50 bits per heavy atom. The molecule has 6 nitrogen and oxygen atoms in total. The van der Waals surface area contributed by atoms with E-state index >= 15 is 0 Å². The van der Waals surface area contributed by atoms with Gasteiger partial charge in [-0.05, 0) is 25.5 Å². The fraction of sp³-hybridized carbons (Fsp3) is 0.417. The highest BCUT2D eigenvalue weighted by atomic mass is 16.4. The number of aryl methyl sites for hydroxylation is 2. The number of aromatic nitrogens is 1. The van der Waals surface area contributed by atoms with Crippen LogP contribution in [-0.4, -0.2) is 40.0 Å². The zero-order valence-electron chi connectivity index (χ0n) is 10.2. The van der Waals surface area contributed by atoms with Gasteiger partial charge in [0.05, 0.1) is 5.92 Å². The number of nitrogens with one attached hydrogen (secondary N) is 1. The molecule has 0 saturated carbocycles. The van der Waals surface area contributed by atoms with Gasteiger partial charge in [-0.3, -0.25) is 14.4 Å². The van der Waals surface area contributed by atoms with Gasteiger partial charge in [0, 0.05) is 18.8 Å². The van der Waals surface area contributed by atoms with E-state index in [1.54, 1.807) is 19.9 Å². The molecule has 1 amide bonds. The Hall–Kier alpha value is -2.11. The van der Waals surface area contributed by atoms with Crippen molar-refractivity contribution < 1.29 is 14.7 Å². The normalized spacial score (nSPS) is 15.3. The molecule has 0 aliphatic carbocycles. The molecule has 0 aromatic carbocycles. The first kappa shape index (κ1) is 12.3. The average molecular weight is 250 g/mol. The molecule has 1 saturated heterocycles. The van der Waals surface area contributed by atoms with E-state index in [0.29, 0.717) is 11.3 Å². The lowest BCUT2D eigenvalue weighted by molar-refractivity contribution is -0.146. The van der Waals surface area contributed by atoms with Crippen molar-refractivity contribution in [2.24, 2.45) is 5.92 Å². The first-order chi connectivity index (χ1) is 8.40. The lowest BCUT2D eigenvalue weighted by atomic mass is 9.98. The zero-order valence-corrected chi connectivity index (χ0v) is 10.2. The highest BCUT2D eigenvalue weighted by Crippen LogP contribution is 2.18. The Balaban J connectivity index is 2.22. The highest BCUT2D eigenvalue weighted by molar-refractivity contribution is 5.96. The van der Waals surface area contributed by atoms with Crippen molar-refractivity contribution >= 4 is 11.9 Å². The molecule has 2 rings (SSSR count). The summed E-state index contributed by atoms with van der Waals surface area (Å²) in [4.78, 5) is 38.4. The van der Waals surface area contributed by atoms with E-state index < -0.39 is 23.4 Å². The molecule has 6 heteroatoms. The third-order valence-electron chi connectivity index (χ3n) is 3.10. The summed E-state index contributed by atoms with van der Waals surface area (Å²) in [5.74, 6) is -1.82. The smallest absolute Gasteiger partial charge is 0.310 e. The Morgan fingerprint density at radius 1 is 1.39 bits per heavy atom. The van der Waals surface area contributed by atoms with Gasteiger partial charge in [0.1, 0.15) is 5.56 Å². The molecule has 1 aromatic rings. The first-order valence-corrected chi connectivity index (χ1v) is 5.62. The van der Waals surface area contributed by atoms with Gasteiger partial charge in [0.2, 0.25) is 0 Å². The lowest BCUT2D eigenvalue weighted by Crippen LogP contribution is -2.54. The summed E-state index contributed by atoms with van der Waals surface area (Å²) in [6.07, 6.45) is 0. The SMILES string of the molecule is Cc1cc(C)c(C(=O)N2CC(C(=O)O)C2)c(=O)[nH]1. The van der Waals surface area contributed by atoms with Crippen LogP contribution >= 0.6 is 0 Å². The van der Waals surface area contributed by atoms with E-state index in [1.807, 2.05) is 0 Å². The average Bonchev–Trinajstić information content (AvgIpc) is 2.11. The molecule has 1 fully saturated rings. The highest BCUT2D eigenvalue weighted by Gasteiger charge is 2.37. The molecule has 1 aliphatic rings. The Bertz CT molecular complexity index is 570. The van der Waals surface area contributed by atoms with Crippen LogP contribution in [0.5, 0.6) is 0 Å². The first-order valence-electron chi connectivity index (χ1n) is 5.62. The minimum absolute atomic E-state index is 0.101. The maximum absolute atomic E-state index is 12.1. The van der Waals surface area contributed by atoms with Crippen molar-refractivity contribution in [3.05, 3.63) is 33.2 Å². The maximum Gasteiger partial charge on any atom is 0.310 e. The third-order valence-corrected chi connectivity index (χ3v) is 3.10. The summed E-state index contributed by atoms with van der Waals surface area (Å²) in [5.41, 5.74) is 0.988. The number of aromatic amines is 1. The molecular formula is C12H14N2O4. The van der Waals surface area contributed by atoms with Crippen LogP contribution in [0, 0.1) is 19.8 Å². The number of carbonyl (C=O) groups is 2. The number of likely N-dealkylation sites (tertiary alicyclic amines) is 1. The summed E-state index contributed by atoms with van der Waals surface area (Å²) >= 11 is 0. The summed E-state index contributed by atoms with van der Waals surface area (Å²) in [6.45, 7) is 3.78. The number of carboxylic acids is 1. The van der Waals surface area contributed by atoms with Crippen LogP contribution < -0.4 is 5.56 Å². The minimum atomic E-state index is -0.909. The Labute approximate surface area is 103 Å². The van der Waals surface area contributed by atoms with Crippen LogP contribution in [0.2, 0.25) is 0 Å². The number of pyridine rings is 1. The van der Waals surface area contributed by atoms with Gasteiger partial charge in [-0.1, -0.05) is 0 Å². The molecule has 18 heavy (non-hydrogen) atoms. The molecule has 0 atom stereocenters. The van der Waals surface area contributed by atoms with Gasteiger partial charge < -0.3 is 15.0 Å². The molecular weight excluding hydrogens is 236 g/mol. The van der Waals surface area contributed by atoms with Gasteiger partial charge in [0.15, 0.2) is 0 Å². The molecule has 0 radical (unpaired) electrons. The second kappa shape index (κ2) is 4.29. The van der Waals surface area contributed by atoms with Crippen molar-refractivity contribution in [2.75, 3.05) is 13.1 Å². The second-order valence-corrected chi connectivity index (χ2v) is 4.58. The fourth-order valence-electron chi connectivity index (χ4n) is 2.08. The van der Waals surface area contributed by atoms with Gasteiger partial charge in [0.25, 0.3) is 11.5 Å². The number of aliphatic carboxylic acids is 1. The van der Waals surface area contributed by atoms with Gasteiger partial charge >= 0.3 is 5.97 Å². The summed E-state index contributed by atoms with van der Waals surface area (Å²) in [6, 6.07) is 1.73. The largest absolute Gasteiger partial charge is 0.481 e. The van der Waals surface area contributed by atoms with E-state index in [-0.39, 0.29) is 18.7 Å². The summed E-state index contributed by atoms with van der Waals surface area (Å²) in [5, 5.41) is 8.74. The molecule has 2 N–H and O–H groups in total. The molecule has 0 bridgehead atoms. The fourth-order valence-corrected chi connectivity index (χ4v) is 2.08. The summed E-state index contributed by atoms with van der Waals surface area (Å²) < 4.78 is 0. The van der Waals surface area contributed by atoms with Crippen LogP contribution in [-0.2, 0) is 4.79 Å². The zero-order chi connectivity index (χ0) is 13.4. The molecule has 1 aliphatic heterocycles. The monoisotopic (exact) mass is 250 g/mol. The number of nitrogens with zero attached hydrogens (tertiary/aromatic N) is 1. The van der Waals surface area contributed by atoms with E-state index in [0.717, 1.165) is 0 Å².